The quantitative estimate of drug-likeness (QED) is 0.756. The first-order valence-electron chi connectivity index (χ1n) is 7.07. The van der Waals surface area contributed by atoms with Crippen LogP contribution in [0.5, 0.6) is 0 Å². The van der Waals surface area contributed by atoms with Crippen molar-refractivity contribution in [3.63, 3.8) is 0 Å². The highest BCUT2D eigenvalue weighted by Crippen LogP contribution is 2.18. The lowest BCUT2D eigenvalue weighted by molar-refractivity contribution is -0.123. The molecule has 0 atom stereocenters. The van der Waals surface area contributed by atoms with Crippen molar-refractivity contribution in [2.45, 2.75) is 24.9 Å². The number of hydrogen-bond donors (Lipinski definition) is 1. The molecule has 1 rings (SSSR count). The molecule has 0 radical (unpaired) electrons. The smallest absolute Gasteiger partial charge is 0.343 e. The maximum Gasteiger partial charge on any atom is 0.405 e. The zero-order chi connectivity index (χ0) is 18.5. The van der Waals surface area contributed by atoms with Crippen LogP contribution in [-0.2, 0) is 10.0 Å². The lowest BCUT2D eigenvalue weighted by Crippen LogP contribution is -2.34. The summed E-state index contributed by atoms with van der Waals surface area (Å²) >= 11 is 0. The van der Waals surface area contributed by atoms with Gasteiger partial charge in [-0.1, -0.05) is 19.1 Å². The van der Waals surface area contributed by atoms with Gasteiger partial charge in [-0.05, 0) is 31.2 Å². The third kappa shape index (κ3) is 5.64. The fraction of sp³-hybridized carbons (Fsp3) is 0.400. The number of likely N-dealkylation sites (N-methyl/N-ethyl adjacent to an activating group) is 1. The van der Waals surface area contributed by atoms with Crippen LogP contribution in [-0.4, -0.2) is 44.4 Å². The number of rotatable bonds is 7. The number of halogens is 3. The normalized spacial score (nSPS) is 12.2. The van der Waals surface area contributed by atoms with Gasteiger partial charge in [0, 0.05) is 18.7 Å². The van der Waals surface area contributed by atoms with Crippen LogP contribution in [0, 0.1) is 0 Å². The molecule has 1 aromatic carbocycles. The zero-order valence-electron chi connectivity index (χ0n) is 13.4. The first-order chi connectivity index (χ1) is 11.0. The van der Waals surface area contributed by atoms with Gasteiger partial charge in [-0.2, -0.15) is 17.5 Å². The van der Waals surface area contributed by atoms with Crippen LogP contribution >= 0.6 is 0 Å². The number of amides is 1. The third-order valence-corrected chi connectivity index (χ3v) is 4.94. The summed E-state index contributed by atoms with van der Waals surface area (Å²) in [4.78, 5) is 11.6. The van der Waals surface area contributed by atoms with Crippen LogP contribution in [0.25, 0.3) is 0 Å². The van der Waals surface area contributed by atoms with Crippen LogP contribution in [0.3, 0.4) is 0 Å². The Hall–Kier alpha value is -1.87. The second-order valence-electron chi connectivity index (χ2n) is 5.21. The van der Waals surface area contributed by atoms with E-state index in [1.165, 1.54) is 28.6 Å². The van der Waals surface area contributed by atoms with E-state index in [0.717, 1.165) is 0 Å². The molecular weight excluding hydrogens is 345 g/mol. The largest absolute Gasteiger partial charge is 0.405 e. The van der Waals surface area contributed by atoms with E-state index in [2.05, 4.69) is 6.58 Å². The molecule has 0 spiro atoms. The monoisotopic (exact) mass is 364 g/mol. The van der Waals surface area contributed by atoms with Crippen LogP contribution in [0.15, 0.2) is 41.3 Å². The van der Waals surface area contributed by atoms with E-state index in [-0.39, 0.29) is 23.5 Å². The molecule has 0 aliphatic heterocycles. The Morgan fingerprint density at radius 3 is 2.21 bits per heavy atom. The maximum absolute atomic E-state index is 12.5. The van der Waals surface area contributed by atoms with E-state index in [4.69, 9.17) is 0 Å². The fourth-order valence-corrected chi connectivity index (χ4v) is 3.39. The van der Waals surface area contributed by atoms with E-state index < -0.39 is 28.7 Å². The predicted octanol–water partition coefficient (Wildman–Crippen LogP) is 2.57. The summed E-state index contributed by atoms with van der Waals surface area (Å²) in [5.74, 6) is -0.925. The average molecular weight is 364 g/mol. The van der Waals surface area contributed by atoms with E-state index in [9.17, 15) is 26.4 Å². The number of nitrogens with one attached hydrogen (secondary N) is 1. The molecule has 0 fully saturated rings. The van der Waals surface area contributed by atoms with Crippen molar-refractivity contribution in [3.05, 3.63) is 42.0 Å². The maximum atomic E-state index is 12.5. The number of benzene rings is 1. The van der Waals surface area contributed by atoms with Crippen molar-refractivity contribution in [2.24, 2.45) is 0 Å². The minimum absolute atomic E-state index is 0.0435. The Labute approximate surface area is 139 Å². The number of carbonyl (C=O) groups is 1. The molecule has 5 nitrogen and oxygen atoms in total. The highest BCUT2D eigenvalue weighted by molar-refractivity contribution is 7.89. The van der Waals surface area contributed by atoms with Gasteiger partial charge >= 0.3 is 6.18 Å². The van der Waals surface area contributed by atoms with E-state index >= 15 is 0 Å². The van der Waals surface area contributed by atoms with Crippen molar-refractivity contribution in [3.8, 4) is 0 Å². The molecule has 134 valence electrons. The summed E-state index contributed by atoms with van der Waals surface area (Å²) in [5.41, 5.74) is 0.615. The van der Waals surface area contributed by atoms with Crippen molar-refractivity contribution >= 4 is 15.9 Å². The van der Waals surface area contributed by atoms with Gasteiger partial charge in [0.2, 0.25) is 10.0 Å². The lowest BCUT2D eigenvalue weighted by atomic mass is 10.2. The number of sulfonamides is 1. The topological polar surface area (TPSA) is 66.5 Å². The van der Waals surface area contributed by atoms with Crippen molar-refractivity contribution in [1.82, 2.24) is 9.62 Å². The molecule has 1 amide bonds. The zero-order valence-corrected chi connectivity index (χ0v) is 14.2. The number of hydrogen-bond acceptors (Lipinski definition) is 3. The molecule has 0 saturated carbocycles. The van der Waals surface area contributed by atoms with E-state index in [0.29, 0.717) is 5.57 Å². The second kappa shape index (κ2) is 7.80. The van der Waals surface area contributed by atoms with Gasteiger partial charge in [0.05, 0.1) is 4.90 Å². The van der Waals surface area contributed by atoms with Gasteiger partial charge in [-0.25, -0.2) is 8.42 Å². The summed E-state index contributed by atoms with van der Waals surface area (Å²) in [6.45, 7) is 6.01. The highest BCUT2D eigenvalue weighted by Gasteiger charge is 2.28. The van der Waals surface area contributed by atoms with Crippen molar-refractivity contribution in [2.75, 3.05) is 19.6 Å². The molecule has 0 unspecified atom stereocenters. The Morgan fingerprint density at radius 2 is 1.79 bits per heavy atom. The molecule has 0 heterocycles. The van der Waals surface area contributed by atoms with Gasteiger partial charge in [0.15, 0.2) is 0 Å². The minimum Gasteiger partial charge on any atom is -0.343 e. The SMILES string of the molecule is C=C(C)CN(CC)S(=O)(=O)c1ccc(C(=O)NCC(F)(F)F)cc1. The first kappa shape index (κ1) is 20.2. The van der Waals surface area contributed by atoms with Crippen molar-refractivity contribution < 1.29 is 26.4 Å². The lowest BCUT2D eigenvalue weighted by Gasteiger charge is -2.20. The molecule has 0 aromatic heterocycles. The Morgan fingerprint density at radius 1 is 1.25 bits per heavy atom. The number of alkyl halides is 3. The number of carbonyl (C=O) groups excluding carboxylic acids is 1. The predicted molar refractivity (Wildman–Crippen MR) is 84.1 cm³/mol. The highest BCUT2D eigenvalue weighted by atomic mass is 32.2. The molecule has 0 bridgehead atoms. The van der Waals surface area contributed by atoms with Crippen LogP contribution < -0.4 is 5.32 Å². The molecule has 1 aromatic rings. The average Bonchev–Trinajstić information content (AvgIpc) is 2.49. The van der Waals surface area contributed by atoms with Gasteiger partial charge in [-0.3, -0.25) is 4.79 Å². The summed E-state index contributed by atoms with van der Waals surface area (Å²) in [6, 6.07) is 4.73. The molecule has 9 heteroatoms. The van der Waals surface area contributed by atoms with Crippen LogP contribution in [0.1, 0.15) is 24.2 Å². The molecule has 0 aliphatic carbocycles. The fourth-order valence-electron chi connectivity index (χ4n) is 1.88. The van der Waals surface area contributed by atoms with Gasteiger partial charge in [0.1, 0.15) is 6.54 Å². The Kier molecular flexibility index (Phi) is 6.56. The van der Waals surface area contributed by atoms with Gasteiger partial charge in [-0.15, -0.1) is 0 Å². The van der Waals surface area contributed by atoms with Gasteiger partial charge < -0.3 is 5.32 Å². The molecular formula is C15H19F3N2O3S. The molecule has 0 saturated heterocycles. The Balaban J connectivity index is 2.93. The molecule has 0 aliphatic rings. The first-order valence-corrected chi connectivity index (χ1v) is 8.51. The second-order valence-corrected chi connectivity index (χ2v) is 7.15. The van der Waals surface area contributed by atoms with Gasteiger partial charge in [0.25, 0.3) is 5.91 Å². The minimum atomic E-state index is -4.51. The van der Waals surface area contributed by atoms with Crippen molar-refractivity contribution in [1.29, 1.82) is 0 Å². The summed E-state index contributed by atoms with van der Waals surface area (Å²) in [5, 5.41) is 1.72. The summed E-state index contributed by atoms with van der Waals surface area (Å²) in [7, 11) is -3.76. The number of nitrogens with zero attached hydrogens (tertiary/aromatic N) is 1. The van der Waals surface area contributed by atoms with E-state index in [1.807, 2.05) is 0 Å². The van der Waals surface area contributed by atoms with Crippen LogP contribution in [0.2, 0.25) is 0 Å². The van der Waals surface area contributed by atoms with E-state index in [1.54, 1.807) is 19.2 Å². The third-order valence-electron chi connectivity index (χ3n) is 3.00. The standard InChI is InChI=1S/C15H19F3N2O3S/c1-4-20(9-11(2)3)24(22,23)13-7-5-12(6-8-13)14(21)19-10-15(16,17)18/h5-8H,2,4,9-10H2,1,3H3,(H,19,21). The summed E-state index contributed by atoms with van der Waals surface area (Å²) < 4.78 is 62.4. The summed E-state index contributed by atoms with van der Waals surface area (Å²) in [6.07, 6.45) is -4.51. The van der Waals surface area contributed by atoms with Crippen LogP contribution in [0.4, 0.5) is 13.2 Å². The molecule has 24 heavy (non-hydrogen) atoms. The Bertz CT molecular complexity index is 698. The molecule has 1 N–H and O–H groups in total.